The molecule has 1 heterocycles. The van der Waals surface area contributed by atoms with Crippen molar-refractivity contribution in [2.75, 3.05) is 14.2 Å². The van der Waals surface area contributed by atoms with Crippen LogP contribution in [0.3, 0.4) is 0 Å². The molecule has 0 aliphatic carbocycles. The monoisotopic (exact) mass is 408 g/mol. The number of nitrogens with zero attached hydrogens (tertiary/aromatic N) is 3. The van der Waals surface area contributed by atoms with Gasteiger partial charge in [0.05, 0.1) is 25.8 Å². The zero-order chi connectivity index (χ0) is 21.5. The summed E-state index contributed by atoms with van der Waals surface area (Å²) in [6.45, 7) is 2.48. The third-order valence-corrected chi connectivity index (χ3v) is 4.59. The van der Waals surface area contributed by atoms with E-state index >= 15 is 0 Å². The van der Waals surface area contributed by atoms with E-state index in [2.05, 4.69) is 15.6 Å². The van der Waals surface area contributed by atoms with Crippen LogP contribution in [-0.4, -0.2) is 36.1 Å². The number of ether oxygens (including phenoxy) is 2. The number of hydrogen-bond acceptors (Lipinski definition) is 6. The van der Waals surface area contributed by atoms with Gasteiger partial charge in [-0.25, -0.2) is 10.1 Å². The molecule has 0 bridgehead atoms. The SMILES string of the molecule is CCCCn1nc(C(=O)N/N=C/c2ccc(OC)c(OC)c2)c2ccccc2c1=O. The minimum atomic E-state index is -0.492. The minimum Gasteiger partial charge on any atom is -0.493 e. The standard InChI is InChI=1S/C22H24N4O4/c1-4-5-12-26-22(28)17-9-7-6-8-16(17)20(25-26)21(27)24-23-14-15-10-11-18(29-2)19(13-15)30-3/h6-11,13-14H,4-5,12H2,1-3H3,(H,24,27)/b23-14+. The molecule has 2 aromatic carbocycles. The highest BCUT2D eigenvalue weighted by Crippen LogP contribution is 2.26. The highest BCUT2D eigenvalue weighted by molar-refractivity contribution is 6.04. The highest BCUT2D eigenvalue weighted by atomic mass is 16.5. The number of aromatic nitrogens is 2. The summed E-state index contributed by atoms with van der Waals surface area (Å²) in [5.41, 5.74) is 3.16. The van der Waals surface area contributed by atoms with Crippen molar-refractivity contribution in [2.24, 2.45) is 5.10 Å². The Morgan fingerprint density at radius 3 is 2.57 bits per heavy atom. The summed E-state index contributed by atoms with van der Waals surface area (Å²) in [6.07, 6.45) is 3.21. The lowest BCUT2D eigenvalue weighted by Gasteiger charge is -2.10. The van der Waals surface area contributed by atoms with E-state index in [4.69, 9.17) is 9.47 Å². The Kier molecular flexibility index (Phi) is 6.79. The topological polar surface area (TPSA) is 94.8 Å². The van der Waals surface area contributed by atoms with Gasteiger partial charge in [0.1, 0.15) is 0 Å². The van der Waals surface area contributed by atoms with Crippen molar-refractivity contribution >= 4 is 22.9 Å². The Balaban J connectivity index is 1.87. The highest BCUT2D eigenvalue weighted by Gasteiger charge is 2.16. The number of rotatable bonds is 8. The fraction of sp³-hybridized carbons (Fsp3) is 0.273. The largest absolute Gasteiger partial charge is 0.493 e. The lowest BCUT2D eigenvalue weighted by molar-refractivity contribution is 0.0949. The number of methoxy groups -OCH3 is 2. The average Bonchev–Trinajstić information content (AvgIpc) is 2.78. The van der Waals surface area contributed by atoms with E-state index in [-0.39, 0.29) is 11.3 Å². The molecule has 0 spiro atoms. The van der Waals surface area contributed by atoms with Crippen molar-refractivity contribution in [1.29, 1.82) is 0 Å². The van der Waals surface area contributed by atoms with Gasteiger partial charge in [0.25, 0.3) is 11.5 Å². The number of amides is 1. The van der Waals surface area contributed by atoms with E-state index in [9.17, 15) is 9.59 Å². The summed E-state index contributed by atoms with van der Waals surface area (Å²) in [7, 11) is 3.11. The van der Waals surface area contributed by atoms with E-state index < -0.39 is 5.91 Å². The van der Waals surface area contributed by atoms with E-state index in [0.29, 0.717) is 28.8 Å². The maximum absolute atomic E-state index is 12.8. The van der Waals surface area contributed by atoms with E-state index in [1.165, 1.54) is 10.9 Å². The van der Waals surface area contributed by atoms with Crippen LogP contribution in [0.15, 0.2) is 52.4 Å². The molecule has 1 amide bonds. The first kappa shape index (κ1) is 21.0. The minimum absolute atomic E-state index is 0.158. The van der Waals surface area contributed by atoms with Gasteiger partial charge in [-0.3, -0.25) is 9.59 Å². The predicted molar refractivity (Wildman–Crippen MR) is 116 cm³/mol. The molecule has 0 radical (unpaired) electrons. The van der Waals surface area contributed by atoms with Gasteiger partial charge in [-0.1, -0.05) is 31.5 Å². The third kappa shape index (κ3) is 4.48. The number of hydrazone groups is 1. The first-order chi connectivity index (χ1) is 14.6. The number of fused-ring (bicyclic) bond motifs is 1. The molecule has 0 unspecified atom stereocenters. The van der Waals surface area contributed by atoms with Gasteiger partial charge < -0.3 is 9.47 Å². The second kappa shape index (κ2) is 9.69. The second-order valence-electron chi connectivity index (χ2n) is 6.59. The van der Waals surface area contributed by atoms with Gasteiger partial charge in [-0.2, -0.15) is 10.2 Å². The summed E-state index contributed by atoms with van der Waals surface area (Å²) in [5, 5.41) is 9.27. The molecule has 0 saturated heterocycles. The maximum atomic E-state index is 12.8. The smallest absolute Gasteiger partial charge is 0.292 e. The summed E-state index contributed by atoms with van der Waals surface area (Å²) in [4.78, 5) is 25.4. The quantitative estimate of drug-likeness (QED) is 0.457. The van der Waals surface area contributed by atoms with E-state index in [0.717, 1.165) is 18.4 Å². The van der Waals surface area contributed by atoms with Gasteiger partial charge in [0.2, 0.25) is 0 Å². The molecule has 3 rings (SSSR count). The number of benzene rings is 2. The molecule has 8 nitrogen and oxygen atoms in total. The lowest BCUT2D eigenvalue weighted by Crippen LogP contribution is -2.29. The van der Waals surface area contributed by atoms with E-state index in [1.807, 2.05) is 6.92 Å². The number of aryl methyl sites for hydroxylation is 1. The normalized spacial score (nSPS) is 11.0. The zero-order valence-corrected chi connectivity index (χ0v) is 17.2. The molecule has 30 heavy (non-hydrogen) atoms. The Morgan fingerprint density at radius 2 is 1.87 bits per heavy atom. The Hall–Kier alpha value is -3.68. The number of carbonyl (C=O) groups is 1. The molecular weight excluding hydrogens is 384 g/mol. The summed E-state index contributed by atoms with van der Waals surface area (Å²) in [6, 6.07) is 12.2. The summed E-state index contributed by atoms with van der Waals surface area (Å²) < 4.78 is 11.8. The molecular formula is C22H24N4O4. The Labute approximate surface area is 174 Å². The first-order valence-corrected chi connectivity index (χ1v) is 9.64. The van der Waals surface area contributed by atoms with Crippen LogP contribution < -0.4 is 20.5 Å². The van der Waals surface area contributed by atoms with E-state index in [1.54, 1.807) is 56.7 Å². The van der Waals surface area contributed by atoms with Crippen LogP contribution in [0.25, 0.3) is 10.8 Å². The number of nitrogens with one attached hydrogen (secondary N) is 1. The van der Waals surface area contributed by atoms with Crippen molar-refractivity contribution in [3.8, 4) is 11.5 Å². The molecule has 1 aromatic heterocycles. The van der Waals surface area contributed by atoms with Crippen LogP contribution in [0.5, 0.6) is 11.5 Å². The van der Waals surface area contributed by atoms with Crippen LogP contribution in [0, 0.1) is 0 Å². The van der Waals surface area contributed by atoms with Crippen LogP contribution in [0.4, 0.5) is 0 Å². The molecule has 8 heteroatoms. The van der Waals surface area contributed by atoms with Crippen molar-refractivity contribution in [1.82, 2.24) is 15.2 Å². The lowest BCUT2D eigenvalue weighted by atomic mass is 10.1. The fourth-order valence-electron chi connectivity index (χ4n) is 3.01. The first-order valence-electron chi connectivity index (χ1n) is 9.64. The van der Waals surface area contributed by atoms with Crippen LogP contribution in [0.2, 0.25) is 0 Å². The van der Waals surface area contributed by atoms with Gasteiger partial charge in [0, 0.05) is 11.9 Å². The predicted octanol–water partition coefficient (Wildman–Crippen LogP) is 2.98. The molecule has 3 aromatic rings. The van der Waals surface area contributed by atoms with Gasteiger partial charge in [-0.15, -0.1) is 0 Å². The van der Waals surface area contributed by atoms with Crippen molar-refractivity contribution < 1.29 is 14.3 Å². The summed E-state index contributed by atoms with van der Waals surface area (Å²) in [5.74, 6) is 0.667. The van der Waals surface area contributed by atoms with Crippen molar-refractivity contribution in [3.63, 3.8) is 0 Å². The van der Waals surface area contributed by atoms with Gasteiger partial charge in [-0.05, 0) is 36.2 Å². The second-order valence-corrected chi connectivity index (χ2v) is 6.59. The fourth-order valence-corrected chi connectivity index (χ4v) is 3.01. The molecule has 0 atom stereocenters. The number of unbranched alkanes of at least 4 members (excludes halogenated alkanes) is 1. The van der Waals surface area contributed by atoms with Gasteiger partial charge >= 0.3 is 0 Å². The zero-order valence-electron chi connectivity index (χ0n) is 17.2. The maximum Gasteiger partial charge on any atom is 0.292 e. The molecule has 0 saturated carbocycles. The molecule has 1 N–H and O–H groups in total. The average molecular weight is 408 g/mol. The van der Waals surface area contributed by atoms with Crippen LogP contribution in [0.1, 0.15) is 35.8 Å². The van der Waals surface area contributed by atoms with Crippen molar-refractivity contribution in [2.45, 2.75) is 26.3 Å². The Morgan fingerprint density at radius 1 is 1.13 bits per heavy atom. The molecule has 0 aliphatic rings. The molecule has 0 fully saturated rings. The molecule has 0 aliphatic heterocycles. The van der Waals surface area contributed by atoms with Crippen LogP contribution >= 0.6 is 0 Å². The summed E-state index contributed by atoms with van der Waals surface area (Å²) >= 11 is 0. The van der Waals surface area contributed by atoms with Crippen molar-refractivity contribution in [3.05, 3.63) is 64.1 Å². The third-order valence-electron chi connectivity index (χ3n) is 4.59. The number of hydrogen-bond donors (Lipinski definition) is 1. The molecule has 156 valence electrons. The van der Waals surface area contributed by atoms with Crippen LogP contribution in [-0.2, 0) is 6.54 Å². The Bertz CT molecular complexity index is 1140. The van der Waals surface area contributed by atoms with Gasteiger partial charge in [0.15, 0.2) is 17.2 Å². The number of carbonyl (C=O) groups excluding carboxylic acids is 1.